The number of aromatic nitrogens is 3. The fourth-order valence-corrected chi connectivity index (χ4v) is 10.8. The number of aromatic carboxylic acids is 1. The molecule has 0 amide bonds. The lowest BCUT2D eigenvalue weighted by atomic mass is 10.1. The number of phenolic OH excluding ortho intramolecular Hbond substituents is 1. The third kappa shape index (κ3) is 12.3. The van der Waals surface area contributed by atoms with Crippen molar-refractivity contribution in [2.45, 2.75) is 32.9 Å². The third-order valence-electron chi connectivity index (χ3n) is 10.0. The van der Waals surface area contributed by atoms with Crippen molar-refractivity contribution in [3.05, 3.63) is 83.6 Å². The maximum atomic E-state index is 13.0. The molecular formula is C38H29N9O22S7. The molecule has 0 bridgehead atoms. The molecule has 0 aliphatic rings. The molecule has 0 unspecified atom stereocenters. The van der Waals surface area contributed by atoms with E-state index in [-0.39, 0.29) is 55.7 Å². The average Bonchev–Trinajstić information content (AvgIpc) is 3.89. The van der Waals surface area contributed by atoms with Crippen molar-refractivity contribution in [1.82, 2.24) is 14.8 Å². The van der Waals surface area contributed by atoms with Gasteiger partial charge in [-0.1, -0.05) is 11.3 Å². The van der Waals surface area contributed by atoms with Crippen LogP contribution in [0.25, 0.3) is 26.7 Å². The molecular weight excluding hydrogens is 1160 g/mol. The molecule has 76 heavy (non-hydrogen) atoms. The molecule has 400 valence electrons. The molecule has 5 aromatic carbocycles. The number of carboxylic acid groups (broad SMARTS) is 1. The summed E-state index contributed by atoms with van der Waals surface area (Å²) < 4.78 is 182. The van der Waals surface area contributed by atoms with Crippen molar-refractivity contribution in [3.63, 3.8) is 0 Å². The van der Waals surface area contributed by atoms with Gasteiger partial charge in [-0.3, -0.25) is 22.8 Å². The largest absolute Gasteiger partial charge is 0.505 e. The van der Waals surface area contributed by atoms with Crippen LogP contribution in [0.15, 0.2) is 117 Å². The van der Waals surface area contributed by atoms with Crippen LogP contribution in [0.4, 0.5) is 33.6 Å². The maximum Gasteiger partial charge on any atom is 0.358 e. The zero-order valence-electron chi connectivity index (χ0n) is 37.2. The second kappa shape index (κ2) is 20.9. The van der Waals surface area contributed by atoms with E-state index in [1.165, 1.54) is 19.1 Å². The minimum absolute atomic E-state index is 0.0290. The Balaban J connectivity index is 1.31. The molecule has 0 aliphatic carbocycles. The van der Waals surface area contributed by atoms with E-state index >= 15 is 0 Å². The van der Waals surface area contributed by atoms with Crippen molar-refractivity contribution in [2.24, 2.45) is 30.7 Å². The lowest BCUT2D eigenvalue weighted by molar-refractivity contribution is 0.0689. The minimum Gasteiger partial charge on any atom is -0.505 e. The summed E-state index contributed by atoms with van der Waals surface area (Å²) >= 11 is 4.12. The first-order valence-corrected chi connectivity index (χ1v) is 28.5. The Kier molecular flexibility index (Phi) is 15.5. The number of rotatable bonds is 18. The molecule has 0 fully saturated rings. The van der Waals surface area contributed by atoms with Crippen LogP contribution in [0.1, 0.15) is 32.8 Å². The van der Waals surface area contributed by atoms with E-state index < -0.39 is 140 Å². The Labute approximate surface area is 434 Å². The number of thiol groups is 1. The second-order valence-electron chi connectivity index (χ2n) is 15.1. The Bertz CT molecular complexity index is 4280. The van der Waals surface area contributed by atoms with Crippen LogP contribution in [0.3, 0.4) is 0 Å². The fraction of sp³-hybridized carbons (Fsp3) is 0.105. The van der Waals surface area contributed by atoms with Crippen LogP contribution < -0.4 is 4.74 Å². The first-order valence-electron chi connectivity index (χ1n) is 19.9. The van der Waals surface area contributed by atoms with Gasteiger partial charge in [0.15, 0.2) is 11.4 Å². The van der Waals surface area contributed by atoms with Gasteiger partial charge in [-0.25, -0.2) is 14.6 Å². The van der Waals surface area contributed by atoms with E-state index in [4.69, 9.17) is 4.74 Å². The summed E-state index contributed by atoms with van der Waals surface area (Å²) in [5.41, 5.74) is -4.95. The summed E-state index contributed by atoms with van der Waals surface area (Å²) in [6, 6.07) is 10.1. The number of azo groups is 3. The summed E-state index contributed by atoms with van der Waals surface area (Å²) in [6.45, 7) is 0.962. The smallest absolute Gasteiger partial charge is 0.358 e. The number of thiazole rings is 1. The molecule has 2 heterocycles. The van der Waals surface area contributed by atoms with Gasteiger partial charge < -0.3 is 24.2 Å². The Morgan fingerprint density at radius 2 is 1.33 bits per heavy atom. The van der Waals surface area contributed by atoms with Gasteiger partial charge in [0.1, 0.15) is 43.0 Å². The fourth-order valence-electron chi connectivity index (χ4n) is 6.69. The van der Waals surface area contributed by atoms with Crippen molar-refractivity contribution < 1.29 is 98.7 Å². The van der Waals surface area contributed by atoms with E-state index in [1.807, 2.05) is 0 Å². The highest BCUT2D eigenvalue weighted by Crippen LogP contribution is 2.47. The molecule has 0 spiro atoms. The van der Waals surface area contributed by atoms with Gasteiger partial charge in [-0.05, 0) is 79.6 Å². The van der Waals surface area contributed by atoms with E-state index in [0.717, 1.165) is 48.5 Å². The van der Waals surface area contributed by atoms with Crippen LogP contribution >= 0.6 is 24.2 Å². The number of aromatic hydroxyl groups is 2. The average molecular weight is 1190 g/mol. The number of hydrogen-bond acceptors (Lipinski definition) is 26. The zero-order valence-corrected chi connectivity index (χ0v) is 43.0. The minimum atomic E-state index is -5.59. The van der Waals surface area contributed by atoms with Gasteiger partial charge in [0.25, 0.3) is 50.6 Å². The molecule has 31 nitrogen and oxygen atoms in total. The van der Waals surface area contributed by atoms with Crippen LogP contribution in [0.5, 0.6) is 17.4 Å². The van der Waals surface area contributed by atoms with E-state index in [0.29, 0.717) is 22.1 Å². The van der Waals surface area contributed by atoms with Crippen molar-refractivity contribution in [3.8, 4) is 23.1 Å². The SMILES string of the molecule is Cc1cc(N=Nc2c(S(=O)(=O)O)cc3c(S(=O)(=O)O)c(N=Nc4c(C(=O)O)nn(-c5ccc(S(=O)(=O)O)cc5)c4O)ccc3c2O)c(OCCCS(=O)(=O)O)cc1N=Nc1nc2c(S(=O)(=O)O)cc(C(=O)OS)cc2s1. The number of ether oxygens (including phenoxy) is 1. The first kappa shape index (κ1) is 56.2. The number of phenols is 1. The molecule has 7 rings (SSSR count). The molecule has 0 atom stereocenters. The van der Waals surface area contributed by atoms with Gasteiger partial charge in [-0.2, -0.15) is 51.9 Å². The molecule has 0 radical (unpaired) electrons. The van der Waals surface area contributed by atoms with Crippen LogP contribution in [0, 0.1) is 6.92 Å². The van der Waals surface area contributed by atoms with Crippen molar-refractivity contribution in [2.75, 3.05) is 12.4 Å². The molecule has 0 saturated heterocycles. The van der Waals surface area contributed by atoms with E-state index in [1.54, 1.807) is 0 Å². The van der Waals surface area contributed by atoms with E-state index in [9.17, 15) is 89.8 Å². The predicted octanol–water partition coefficient (Wildman–Crippen LogP) is 6.94. The summed E-state index contributed by atoms with van der Waals surface area (Å²) in [5, 5.41) is 57.3. The number of carboxylic acids is 1. The van der Waals surface area contributed by atoms with Gasteiger partial charge >= 0.3 is 11.9 Å². The lowest BCUT2D eigenvalue weighted by Crippen LogP contribution is -2.08. The number of carbonyl (C=O) groups excluding carboxylic acids is 1. The highest BCUT2D eigenvalue weighted by molar-refractivity contribution is 7.87. The molecule has 2 aromatic heterocycles. The van der Waals surface area contributed by atoms with Crippen LogP contribution in [-0.4, -0.2) is 119 Å². The Hall–Kier alpha value is -7.50. The zero-order chi connectivity index (χ0) is 56.0. The van der Waals surface area contributed by atoms with Gasteiger partial charge in [0, 0.05) is 29.7 Å². The summed E-state index contributed by atoms with van der Waals surface area (Å²) in [4.78, 5) is 24.3. The number of benzene rings is 5. The quantitative estimate of drug-likeness (QED) is 0.0138. The number of aryl methyl sites for hydroxylation is 1. The standard InChI is InChI=1S/C38H29N9O22S7/c1-16-11-24(25(68-9-2-10-72(53,54)55)15-23(16)41-45-38-39-29-26(71-38)12-17(37(52)69-70)13-27(29)74(59,60)61)42-43-30-28(75(62,63)64)14-21-20(33(30)48)7-8-22(34(21)76(65,66)67)40-44-31-32(36(50)51)46-47(35(31)49)18-3-5-19(6-4-18)73(56,57)58/h3-8,11-15,48-49,70H,2,9-10H2,1H3,(H,50,51)(H,53,54,55)(H,56,57,58)(H,59,60,61)(H,62,63,64)(H,65,66,67). The van der Waals surface area contributed by atoms with Crippen LogP contribution in [0.2, 0.25) is 0 Å². The third-order valence-corrected chi connectivity index (χ3v) is 15.4. The van der Waals surface area contributed by atoms with Crippen molar-refractivity contribution in [1.29, 1.82) is 0 Å². The van der Waals surface area contributed by atoms with Gasteiger partial charge in [-0.15, -0.1) is 30.7 Å². The number of fused-ring (bicyclic) bond motifs is 2. The van der Waals surface area contributed by atoms with Gasteiger partial charge in [0.05, 0.1) is 38.9 Å². The van der Waals surface area contributed by atoms with E-state index in [2.05, 4.69) is 57.9 Å². The topological polar surface area (TPSA) is 490 Å². The second-order valence-corrected chi connectivity index (χ2v) is 23.4. The number of hydrogen-bond donors (Lipinski definition) is 9. The molecule has 0 saturated carbocycles. The molecule has 8 N–H and O–H groups in total. The molecule has 38 heteroatoms. The Morgan fingerprint density at radius 1 is 0.697 bits per heavy atom. The molecule has 7 aromatic rings. The highest BCUT2D eigenvalue weighted by atomic mass is 32.2. The van der Waals surface area contributed by atoms with Crippen molar-refractivity contribution >= 4 is 141 Å². The lowest BCUT2D eigenvalue weighted by Gasteiger charge is -2.13. The summed E-state index contributed by atoms with van der Waals surface area (Å²) in [5.74, 6) is -6.29. The normalized spacial score (nSPS) is 12.9. The predicted molar refractivity (Wildman–Crippen MR) is 261 cm³/mol. The first-order chi connectivity index (χ1) is 35.3. The molecule has 0 aliphatic heterocycles. The van der Waals surface area contributed by atoms with Crippen LogP contribution in [-0.2, 0) is 54.8 Å². The number of carbonyl (C=O) groups is 2. The van der Waals surface area contributed by atoms with Gasteiger partial charge in [0.2, 0.25) is 16.7 Å². The highest BCUT2D eigenvalue weighted by Gasteiger charge is 2.30. The summed E-state index contributed by atoms with van der Waals surface area (Å²) in [7, 11) is -25.3. The Morgan fingerprint density at radius 3 is 1.92 bits per heavy atom. The maximum absolute atomic E-state index is 13.0. The number of nitrogens with zero attached hydrogens (tertiary/aromatic N) is 9. The summed E-state index contributed by atoms with van der Waals surface area (Å²) in [6.07, 6.45) is -0.331. The monoisotopic (exact) mass is 1190 g/mol.